The Morgan fingerprint density at radius 3 is 2.69 bits per heavy atom. The minimum atomic E-state index is -0.445. The minimum Gasteiger partial charge on any atom is -0.497 e. The van der Waals surface area contributed by atoms with E-state index in [1.165, 1.54) is 12.1 Å². The van der Waals surface area contributed by atoms with Crippen LogP contribution in [-0.2, 0) is 4.79 Å². The fourth-order valence-corrected chi connectivity index (χ4v) is 3.91. The summed E-state index contributed by atoms with van der Waals surface area (Å²) < 4.78 is 10.9. The van der Waals surface area contributed by atoms with Crippen molar-refractivity contribution >= 4 is 17.3 Å². The zero-order valence-corrected chi connectivity index (χ0v) is 16.9. The SMILES string of the molecule is COc1ccc(OC)c([C@@H]2CCC[NH+]2CC(=O)Nc2ccc([N+](=O)[O-])cc2C)c1. The topological polar surface area (TPSA) is 95.1 Å². The number of non-ortho nitro benzene ring substituents is 1. The van der Waals surface area contributed by atoms with Gasteiger partial charge in [0.2, 0.25) is 0 Å². The Bertz CT molecular complexity index is 915. The highest BCUT2D eigenvalue weighted by Gasteiger charge is 2.34. The molecule has 0 aliphatic carbocycles. The van der Waals surface area contributed by atoms with E-state index >= 15 is 0 Å². The first-order valence-electron chi connectivity index (χ1n) is 9.54. The van der Waals surface area contributed by atoms with Crippen molar-refractivity contribution in [3.8, 4) is 11.5 Å². The number of nitro groups is 1. The highest BCUT2D eigenvalue weighted by molar-refractivity contribution is 5.92. The van der Waals surface area contributed by atoms with Crippen molar-refractivity contribution in [2.45, 2.75) is 25.8 Å². The number of quaternary nitrogens is 1. The molecule has 1 aliphatic rings. The second-order valence-corrected chi connectivity index (χ2v) is 7.19. The third kappa shape index (κ3) is 4.65. The number of amides is 1. The van der Waals surface area contributed by atoms with Crippen molar-refractivity contribution < 1.29 is 24.1 Å². The molecule has 2 aromatic rings. The van der Waals surface area contributed by atoms with Crippen LogP contribution in [0.15, 0.2) is 36.4 Å². The Morgan fingerprint density at radius 2 is 2.03 bits per heavy atom. The van der Waals surface area contributed by atoms with Gasteiger partial charge in [-0.2, -0.15) is 0 Å². The van der Waals surface area contributed by atoms with Gasteiger partial charge >= 0.3 is 0 Å². The van der Waals surface area contributed by atoms with Gasteiger partial charge in [0.1, 0.15) is 17.5 Å². The molecule has 0 saturated carbocycles. The first-order chi connectivity index (χ1) is 13.9. The normalized spacial score (nSPS) is 18.3. The Balaban J connectivity index is 1.73. The van der Waals surface area contributed by atoms with E-state index in [4.69, 9.17) is 9.47 Å². The second kappa shape index (κ2) is 8.91. The number of hydrogen-bond acceptors (Lipinski definition) is 5. The molecule has 2 aromatic carbocycles. The van der Waals surface area contributed by atoms with E-state index in [0.29, 0.717) is 17.8 Å². The highest BCUT2D eigenvalue weighted by atomic mass is 16.6. The van der Waals surface area contributed by atoms with Crippen LogP contribution in [0.25, 0.3) is 0 Å². The van der Waals surface area contributed by atoms with Crippen LogP contribution in [0.5, 0.6) is 11.5 Å². The lowest BCUT2D eigenvalue weighted by Crippen LogP contribution is -3.11. The molecule has 1 unspecified atom stereocenters. The zero-order chi connectivity index (χ0) is 21.0. The van der Waals surface area contributed by atoms with Gasteiger partial charge in [-0.1, -0.05) is 0 Å². The number of benzene rings is 2. The predicted molar refractivity (Wildman–Crippen MR) is 109 cm³/mol. The number of rotatable bonds is 7. The van der Waals surface area contributed by atoms with Gasteiger partial charge in [0.05, 0.1) is 31.3 Å². The Morgan fingerprint density at radius 1 is 1.24 bits per heavy atom. The average molecular weight is 400 g/mol. The van der Waals surface area contributed by atoms with E-state index in [0.717, 1.165) is 41.3 Å². The number of nitrogens with zero attached hydrogens (tertiary/aromatic N) is 1. The van der Waals surface area contributed by atoms with Crippen LogP contribution < -0.4 is 19.7 Å². The molecule has 0 radical (unpaired) electrons. The number of nitrogens with one attached hydrogen (secondary N) is 2. The molecule has 0 aromatic heterocycles. The fraction of sp³-hybridized carbons (Fsp3) is 0.381. The first-order valence-corrected chi connectivity index (χ1v) is 9.54. The predicted octanol–water partition coefficient (Wildman–Crippen LogP) is 2.28. The van der Waals surface area contributed by atoms with E-state index in [2.05, 4.69) is 5.32 Å². The summed E-state index contributed by atoms with van der Waals surface area (Å²) in [7, 11) is 3.27. The van der Waals surface area contributed by atoms with E-state index in [9.17, 15) is 14.9 Å². The monoisotopic (exact) mass is 400 g/mol. The van der Waals surface area contributed by atoms with Gasteiger partial charge in [-0.3, -0.25) is 14.9 Å². The van der Waals surface area contributed by atoms with Crippen molar-refractivity contribution in [3.05, 3.63) is 57.6 Å². The number of nitro benzene ring substituents is 1. The average Bonchev–Trinajstić information content (AvgIpc) is 3.16. The quantitative estimate of drug-likeness (QED) is 0.549. The molecule has 3 rings (SSSR count). The summed E-state index contributed by atoms with van der Waals surface area (Å²) in [6.45, 7) is 2.94. The minimum absolute atomic E-state index is 0.0100. The number of ether oxygens (including phenoxy) is 2. The van der Waals surface area contributed by atoms with Crippen molar-refractivity contribution in [3.63, 3.8) is 0 Å². The highest BCUT2D eigenvalue weighted by Crippen LogP contribution is 2.31. The van der Waals surface area contributed by atoms with Crippen molar-refractivity contribution in [1.29, 1.82) is 0 Å². The van der Waals surface area contributed by atoms with Gasteiger partial charge in [0.25, 0.3) is 11.6 Å². The van der Waals surface area contributed by atoms with E-state index in [-0.39, 0.29) is 17.6 Å². The van der Waals surface area contributed by atoms with Gasteiger partial charge in [-0.05, 0) is 36.8 Å². The molecule has 8 nitrogen and oxygen atoms in total. The molecule has 8 heteroatoms. The lowest BCUT2D eigenvalue weighted by atomic mass is 10.0. The van der Waals surface area contributed by atoms with E-state index in [1.54, 1.807) is 27.2 Å². The first kappa shape index (κ1) is 20.6. The number of hydrogen-bond donors (Lipinski definition) is 2. The maximum Gasteiger partial charge on any atom is 0.279 e. The molecular weight excluding hydrogens is 374 g/mol. The summed E-state index contributed by atoms with van der Waals surface area (Å²) in [4.78, 5) is 24.3. The summed E-state index contributed by atoms with van der Waals surface area (Å²) >= 11 is 0. The molecule has 0 bridgehead atoms. The summed E-state index contributed by atoms with van der Waals surface area (Å²) in [6.07, 6.45) is 1.98. The summed E-state index contributed by atoms with van der Waals surface area (Å²) in [5, 5.41) is 13.8. The van der Waals surface area contributed by atoms with Gasteiger partial charge in [-0.15, -0.1) is 0 Å². The largest absolute Gasteiger partial charge is 0.497 e. The van der Waals surface area contributed by atoms with Gasteiger partial charge < -0.3 is 19.7 Å². The maximum absolute atomic E-state index is 12.7. The standard InChI is InChI=1S/C21H25N3O5/c1-14-11-15(24(26)27)6-8-18(14)22-21(25)13-23-10-4-5-19(23)17-12-16(28-2)7-9-20(17)29-3/h6-9,11-12,19H,4-5,10,13H2,1-3H3,(H,22,25)/p+1/t19-/m0/s1. The molecule has 1 heterocycles. The van der Waals surface area contributed by atoms with Crippen molar-refractivity contribution in [1.82, 2.24) is 0 Å². The smallest absolute Gasteiger partial charge is 0.279 e. The Hall–Kier alpha value is -3.13. The number of methoxy groups -OCH3 is 2. The molecule has 154 valence electrons. The number of carbonyl (C=O) groups is 1. The molecule has 1 fully saturated rings. The molecule has 29 heavy (non-hydrogen) atoms. The number of likely N-dealkylation sites (tertiary alicyclic amines) is 1. The fourth-order valence-electron chi connectivity index (χ4n) is 3.91. The number of carbonyl (C=O) groups excluding carboxylic acids is 1. The van der Waals surface area contributed by atoms with Crippen LogP contribution in [0.3, 0.4) is 0 Å². The molecule has 1 aliphatic heterocycles. The van der Waals surface area contributed by atoms with Crippen LogP contribution in [0.2, 0.25) is 0 Å². The van der Waals surface area contributed by atoms with Gasteiger partial charge in [0.15, 0.2) is 6.54 Å². The zero-order valence-electron chi connectivity index (χ0n) is 16.9. The maximum atomic E-state index is 12.7. The van der Waals surface area contributed by atoms with Gasteiger partial charge in [0, 0.05) is 30.7 Å². The molecular formula is C21H26N3O5+. The molecule has 0 spiro atoms. The molecule has 1 amide bonds. The number of aryl methyl sites for hydroxylation is 1. The van der Waals surface area contributed by atoms with Crippen LogP contribution in [0.1, 0.15) is 30.0 Å². The number of anilines is 1. The summed E-state index contributed by atoms with van der Waals surface area (Å²) in [5.74, 6) is 1.44. The summed E-state index contributed by atoms with van der Waals surface area (Å²) in [5.41, 5.74) is 2.30. The molecule has 2 atom stereocenters. The lowest BCUT2D eigenvalue weighted by Gasteiger charge is -2.23. The van der Waals surface area contributed by atoms with E-state index < -0.39 is 4.92 Å². The van der Waals surface area contributed by atoms with Crippen molar-refractivity contribution in [2.75, 3.05) is 32.6 Å². The van der Waals surface area contributed by atoms with Crippen LogP contribution in [0, 0.1) is 17.0 Å². The lowest BCUT2D eigenvalue weighted by molar-refractivity contribution is -0.910. The Labute approximate surface area is 169 Å². The second-order valence-electron chi connectivity index (χ2n) is 7.19. The van der Waals surface area contributed by atoms with Crippen LogP contribution in [0.4, 0.5) is 11.4 Å². The Kier molecular flexibility index (Phi) is 6.33. The van der Waals surface area contributed by atoms with E-state index in [1.807, 2.05) is 18.2 Å². The third-order valence-corrected chi connectivity index (χ3v) is 5.38. The summed E-state index contributed by atoms with van der Waals surface area (Å²) in [6, 6.07) is 10.3. The van der Waals surface area contributed by atoms with Crippen LogP contribution >= 0.6 is 0 Å². The third-order valence-electron chi connectivity index (χ3n) is 5.38. The molecule has 2 N–H and O–H groups in total. The van der Waals surface area contributed by atoms with Crippen LogP contribution in [-0.4, -0.2) is 38.1 Å². The van der Waals surface area contributed by atoms with Gasteiger partial charge in [-0.25, -0.2) is 0 Å². The molecule has 1 saturated heterocycles. The van der Waals surface area contributed by atoms with Crippen molar-refractivity contribution in [2.24, 2.45) is 0 Å².